The lowest BCUT2D eigenvalue weighted by Crippen LogP contribution is -2.41. The summed E-state index contributed by atoms with van der Waals surface area (Å²) in [5.41, 5.74) is 8.84. The van der Waals surface area contributed by atoms with E-state index in [-0.39, 0.29) is 5.91 Å². The molecular weight excluding hydrogens is 328 g/mol. The molecular formula is C19H34N6O. The SMILES string of the molecule is Cc1n[nH]c(C)c1[C@@H](N)C(=O)N1CCCN(CCCN2CCCC2)CC1. The van der Waals surface area contributed by atoms with E-state index in [1.165, 1.54) is 38.9 Å². The lowest BCUT2D eigenvalue weighted by Gasteiger charge is -2.25. The summed E-state index contributed by atoms with van der Waals surface area (Å²) in [5.74, 6) is 0.0246. The van der Waals surface area contributed by atoms with Gasteiger partial charge in [-0.1, -0.05) is 0 Å². The fourth-order valence-corrected chi connectivity index (χ4v) is 4.28. The highest BCUT2D eigenvalue weighted by atomic mass is 16.2. The van der Waals surface area contributed by atoms with Crippen LogP contribution in [0.2, 0.25) is 0 Å². The summed E-state index contributed by atoms with van der Waals surface area (Å²) in [4.78, 5) is 19.9. The average molecular weight is 363 g/mol. The van der Waals surface area contributed by atoms with Gasteiger partial charge in [-0.25, -0.2) is 0 Å². The fourth-order valence-electron chi connectivity index (χ4n) is 4.28. The van der Waals surface area contributed by atoms with Crippen LogP contribution >= 0.6 is 0 Å². The number of carbonyl (C=O) groups is 1. The summed E-state index contributed by atoms with van der Waals surface area (Å²) in [6.45, 7) is 12.3. The number of rotatable bonds is 6. The molecule has 0 aliphatic carbocycles. The number of nitrogens with zero attached hydrogens (tertiary/aromatic N) is 4. The summed E-state index contributed by atoms with van der Waals surface area (Å²) in [7, 11) is 0. The van der Waals surface area contributed by atoms with E-state index in [4.69, 9.17) is 5.73 Å². The minimum atomic E-state index is -0.615. The number of nitrogens with one attached hydrogen (secondary N) is 1. The van der Waals surface area contributed by atoms with Crippen LogP contribution in [0.3, 0.4) is 0 Å². The highest BCUT2D eigenvalue weighted by Gasteiger charge is 2.28. The zero-order chi connectivity index (χ0) is 18.5. The predicted molar refractivity (Wildman–Crippen MR) is 103 cm³/mol. The number of hydrogen-bond acceptors (Lipinski definition) is 5. The maximum absolute atomic E-state index is 12.9. The van der Waals surface area contributed by atoms with Gasteiger partial charge in [0.05, 0.1) is 5.69 Å². The number of carbonyl (C=O) groups excluding carboxylic acids is 1. The van der Waals surface area contributed by atoms with Crippen LogP contribution in [-0.2, 0) is 4.79 Å². The zero-order valence-electron chi connectivity index (χ0n) is 16.3. The summed E-state index contributed by atoms with van der Waals surface area (Å²) >= 11 is 0. The Kier molecular flexibility index (Phi) is 6.67. The number of likely N-dealkylation sites (tertiary alicyclic amines) is 1. The third-order valence-corrected chi connectivity index (χ3v) is 5.81. The van der Waals surface area contributed by atoms with Gasteiger partial charge in [0.15, 0.2) is 0 Å². The molecule has 1 atom stereocenters. The van der Waals surface area contributed by atoms with E-state index in [9.17, 15) is 4.79 Å². The molecule has 1 aromatic heterocycles. The van der Waals surface area contributed by atoms with Crippen molar-refractivity contribution in [2.24, 2.45) is 5.73 Å². The number of amides is 1. The van der Waals surface area contributed by atoms with Gasteiger partial charge in [-0.15, -0.1) is 0 Å². The van der Waals surface area contributed by atoms with E-state index in [0.717, 1.165) is 56.1 Å². The van der Waals surface area contributed by atoms with Crippen molar-refractivity contribution in [3.8, 4) is 0 Å². The number of H-pyrrole nitrogens is 1. The van der Waals surface area contributed by atoms with E-state index in [1.54, 1.807) is 0 Å². The van der Waals surface area contributed by atoms with Gasteiger partial charge in [0.25, 0.3) is 0 Å². The number of aryl methyl sites for hydroxylation is 2. The molecule has 3 N–H and O–H groups in total. The summed E-state index contributed by atoms with van der Waals surface area (Å²) < 4.78 is 0. The zero-order valence-corrected chi connectivity index (χ0v) is 16.3. The standard InChI is InChI=1S/C19H34N6O/c1-15-17(16(2)22-21-15)18(20)19(26)25-12-6-11-24(13-14-25)10-5-9-23-7-3-4-8-23/h18H,3-14,20H2,1-2H3,(H,21,22)/t18-/m1/s1. The first-order valence-corrected chi connectivity index (χ1v) is 10.1. The minimum absolute atomic E-state index is 0.0246. The van der Waals surface area contributed by atoms with Crippen LogP contribution in [0.4, 0.5) is 0 Å². The van der Waals surface area contributed by atoms with E-state index >= 15 is 0 Å². The fraction of sp³-hybridized carbons (Fsp3) is 0.789. The molecule has 26 heavy (non-hydrogen) atoms. The van der Waals surface area contributed by atoms with Crippen LogP contribution in [0.1, 0.15) is 48.7 Å². The maximum atomic E-state index is 12.9. The molecule has 3 heterocycles. The second-order valence-electron chi connectivity index (χ2n) is 7.75. The van der Waals surface area contributed by atoms with Crippen molar-refractivity contribution in [1.82, 2.24) is 24.9 Å². The van der Waals surface area contributed by atoms with Crippen LogP contribution < -0.4 is 5.73 Å². The number of hydrogen-bond donors (Lipinski definition) is 2. The Balaban J connectivity index is 1.47. The van der Waals surface area contributed by atoms with Crippen molar-refractivity contribution >= 4 is 5.91 Å². The normalized spacial score (nSPS) is 21.1. The molecule has 2 saturated heterocycles. The van der Waals surface area contributed by atoms with Crippen LogP contribution in [0.25, 0.3) is 0 Å². The van der Waals surface area contributed by atoms with E-state index in [1.807, 2.05) is 18.7 Å². The third kappa shape index (κ3) is 4.64. The van der Waals surface area contributed by atoms with Crippen LogP contribution in [0.15, 0.2) is 0 Å². The first-order valence-electron chi connectivity index (χ1n) is 10.1. The maximum Gasteiger partial charge on any atom is 0.244 e. The Hall–Kier alpha value is -1.44. The lowest BCUT2D eigenvalue weighted by atomic mass is 10.0. The molecule has 7 nitrogen and oxygen atoms in total. The Morgan fingerprint density at radius 3 is 2.35 bits per heavy atom. The molecule has 1 aromatic rings. The lowest BCUT2D eigenvalue weighted by molar-refractivity contribution is -0.132. The van der Waals surface area contributed by atoms with Crippen molar-refractivity contribution in [3.63, 3.8) is 0 Å². The summed E-state index contributed by atoms with van der Waals surface area (Å²) in [6, 6.07) is -0.615. The topological polar surface area (TPSA) is 81.5 Å². The molecule has 0 spiro atoms. The van der Waals surface area contributed by atoms with E-state index in [2.05, 4.69) is 20.0 Å². The van der Waals surface area contributed by atoms with Crippen molar-refractivity contribution in [2.45, 2.75) is 45.6 Å². The second-order valence-corrected chi connectivity index (χ2v) is 7.75. The molecule has 0 saturated carbocycles. The molecule has 2 aliphatic heterocycles. The van der Waals surface area contributed by atoms with Gasteiger partial charge < -0.3 is 20.4 Å². The minimum Gasteiger partial charge on any atom is -0.340 e. The molecule has 1 amide bonds. The Morgan fingerprint density at radius 2 is 1.69 bits per heavy atom. The molecule has 7 heteroatoms. The van der Waals surface area contributed by atoms with Gasteiger partial charge in [0.2, 0.25) is 5.91 Å². The average Bonchev–Trinajstić information content (AvgIpc) is 3.18. The highest BCUT2D eigenvalue weighted by molar-refractivity contribution is 5.83. The number of nitrogens with two attached hydrogens (primary N) is 1. The highest BCUT2D eigenvalue weighted by Crippen LogP contribution is 2.20. The monoisotopic (exact) mass is 362 g/mol. The Labute approximate surface area is 156 Å². The van der Waals surface area contributed by atoms with Crippen molar-refractivity contribution in [3.05, 3.63) is 17.0 Å². The van der Waals surface area contributed by atoms with Crippen molar-refractivity contribution in [2.75, 3.05) is 52.4 Å². The number of aromatic nitrogens is 2. The van der Waals surface area contributed by atoms with Gasteiger partial charge in [0.1, 0.15) is 6.04 Å². The molecule has 0 unspecified atom stereocenters. The molecule has 0 bridgehead atoms. The molecule has 2 fully saturated rings. The predicted octanol–water partition coefficient (Wildman–Crippen LogP) is 1.05. The third-order valence-electron chi connectivity index (χ3n) is 5.81. The van der Waals surface area contributed by atoms with E-state index < -0.39 is 6.04 Å². The van der Waals surface area contributed by atoms with E-state index in [0.29, 0.717) is 0 Å². The first kappa shape index (κ1) is 19.3. The van der Waals surface area contributed by atoms with Gasteiger partial charge in [-0.05, 0) is 72.3 Å². The van der Waals surface area contributed by atoms with Gasteiger partial charge >= 0.3 is 0 Å². The largest absolute Gasteiger partial charge is 0.340 e. The van der Waals surface area contributed by atoms with Crippen LogP contribution in [0.5, 0.6) is 0 Å². The molecule has 2 aliphatic rings. The second kappa shape index (κ2) is 8.97. The molecule has 0 aromatic carbocycles. The number of aromatic amines is 1. The van der Waals surface area contributed by atoms with Crippen LogP contribution in [0, 0.1) is 13.8 Å². The Bertz CT molecular complexity index is 575. The smallest absolute Gasteiger partial charge is 0.244 e. The summed E-state index contributed by atoms with van der Waals surface area (Å²) in [5, 5.41) is 7.10. The van der Waals surface area contributed by atoms with Crippen molar-refractivity contribution < 1.29 is 4.79 Å². The quantitative estimate of drug-likeness (QED) is 0.790. The molecule has 146 valence electrons. The summed E-state index contributed by atoms with van der Waals surface area (Å²) in [6.07, 6.45) is 4.96. The molecule has 0 radical (unpaired) electrons. The molecule has 3 rings (SSSR count). The van der Waals surface area contributed by atoms with Crippen LogP contribution in [-0.4, -0.2) is 83.2 Å². The Morgan fingerprint density at radius 1 is 1.04 bits per heavy atom. The van der Waals surface area contributed by atoms with Gasteiger partial charge in [0, 0.05) is 30.9 Å². The van der Waals surface area contributed by atoms with Gasteiger partial charge in [-0.3, -0.25) is 9.89 Å². The van der Waals surface area contributed by atoms with Crippen molar-refractivity contribution in [1.29, 1.82) is 0 Å². The van der Waals surface area contributed by atoms with Gasteiger partial charge in [-0.2, -0.15) is 5.10 Å². The first-order chi connectivity index (χ1) is 12.6.